The normalized spacial score (nSPS) is 10.6. The number of nitrogens with one attached hydrogen (secondary N) is 2. The molecule has 0 aliphatic carbocycles. The summed E-state index contributed by atoms with van der Waals surface area (Å²) in [6, 6.07) is 18.7. The summed E-state index contributed by atoms with van der Waals surface area (Å²) in [4.78, 5) is 12.4. The number of carbonyl (C=O) groups excluding carboxylic acids is 1. The Labute approximate surface area is 201 Å². The van der Waals surface area contributed by atoms with Crippen molar-refractivity contribution in [1.29, 1.82) is 0 Å². The molecule has 0 fully saturated rings. The van der Waals surface area contributed by atoms with Gasteiger partial charge in [0.25, 0.3) is 0 Å². The number of hydrazone groups is 1. The molecule has 3 aromatic rings. The zero-order valence-electron chi connectivity index (χ0n) is 17.0. The number of hydrogen-bond acceptors (Lipinski definition) is 5. The van der Waals surface area contributed by atoms with Gasteiger partial charge in [-0.2, -0.15) is 5.10 Å². The SMILES string of the molecule is CCOc1cc(/C=N/NC(=S)Nc2cccc(Cl)c2)ccc1OC(=O)c1ccc(Cl)cc1. The van der Waals surface area contributed by atoms with Crippen LogP contribution in [0.3, 0.4) is 0 Å². The van der Waals surface area contributed by atoms with E-state index < -0.39 is 5.97 Å². The topological polar surface area (TPSA) is 71.9 Å². The minimum absolute atomic E-state index is 0.301. The predicted octanol–water partition coefficient (Wildman–Crippen LogP) is 5.93. The van der Waals surface area contributed by atoms with Gasteiger partial charge in [0.1, 0.15) is 0 Å². The molecule has 0 radical (unpaired) electrons. The molecule has 0 amide bonds. The highest BCUT2D eigenvalue weighted by Crippen LogP contribution is 2.29. The van der Waals surface area contributed by atoms with Gasteiger partial charge in [0.2, 0.25) is 0 Å². The molecule has 0 unspecified atom stereocenters. The Morgan fingerprint density at radius 3 is 2.53 bits per heavy atom. The first kappa shape index (κ1) is 23.5. The number of ether oxygens (including phenoxy) is 2. The number of rotatable bonds is 7. The first-order valence-corrected chi connectivity index (χ1v) is 10.7. The van der Waals surface area contributed by atoms with Crippen LogP contribution < -0.4 is 20.2 Å². The van der Waals surface area contributed by atoms with Crippen LogP contribution in [0, 0.1) is 0 Å². The molecule has 3 rings (SSSR count). The summed E-state index contributed by atoms with van der Waals surface area (Å²) in [7, 11) is 0. The van der Waals surface area contributed by atoms with Gasteiger partial charge in [-0.05, 0) is 85.4 Å². The van der Waals surface area contributed by atoms with Crippen LogP contribution in [0.1, 0.15) is 22.8 Å². The van der Waals surface area contributed by atoms with Crippen LogP contribution >= 0.6 is 35.4 Å². The van der Waals surface area contributed by atoms with Gasteiger partial charge in [-0.15, -0.1) is 0 Å². The lowest BCUT2D eigenvalue weighted by atomic mass is 10.2. The van der Waals surface area contributed by atoms with Crippen molar-refractivity contribution in [3.8, 4) is 11.5 Å². The van der Waals surface area contributed by atoms with Crippen LogP contribution in [0.4, 0.5) is 5.69 Å². The van der Waals surface area contributed by atoms with Crippen molar-refractivity contribution in [2.75, 3.05) is 11.9 Å². The quantitative estimate of drug-likeness (QED) is 0.141. The van der Waals surface area contributed by atoms with Gasteiger partial charge in [-0.25, -0.2) is 4.79 Å². The van der Waals surface area contributed by atoms with Crippen molar-refractivity contribution in [2.45, 2.75) is 6.92 Å². The molecule has 0 spiro atoms. The zero-order valence-corrected chi connectivity index (χ0v) is 19.3. The number of benzene rings is 3. The number of nitrogens with zero attached hydrogens (tertiary/aromatic N) is 1. The van der Waals surface area contributed by atoms with E-state index in [0.717, 1.165) is 11.3 Å². The van der Waals surface area contributed by atoms with Gasteiger partial charge in [0.15, 0.2) is 16.6 Å². The molecule has 164 valence electrons. The monoisotopic (exact) mass is 487 g/mol. The van der Waals surface area contributed by atoms with Crippen molar-refractivity contribution in [3.63, 3.8) is 0 Å². The van der Waals surface area contributed by atoms with Crippen LogP contribution in [-0.2, 0) is 0 Å². The molecular weight excluding hydrogens is 469 g/mol. The standard InChI is InChI=1S/C23H19Cl2N3O3S/c1-2-30-21-12-15(14-26-28-23(32)27-19-5-3-4-18(25)13-19)6-11-20(21)31-22(29)16-7-9-17(24)10-8-16/h3-14H,2H2,1H3,(H2,27,28,32)/b26-14+. The fourth-order valence-corrected chi connectivity index (χ4v) is 3.08. The summed E-state index contributed by atoms with van der Waals surface area (Å²) in [5.41, 5.74) is 4.58. The highest BCUT2D eigenvalue weighted by atomic mass is 35.5. The van der Waals surface area contributed by atoms with E-state index in [4.69, 9.17) is 44.9 Å². The molecule has 3 aromatic carbocycles. The van der Waals surface area contributed by atoms with Crippen molar-refractivity contribution in [1.82, 2.24) is 5.43 Å². The van der Waals surface area contributed by atoms with Crippen molar-refractivity contribution >= 4 is 58.4 Å². The fourth-order valence-electron chi connectivity index (χ4n) is 2.59. The van der Waals surface area contributed by atoms with Crippen LogP contribution in [0.5, 0.6) is 11.5 Å². The highest BCUT2D eigenvalue weighted by Gasteiger charge is 2.13. The van der Waals surface area contributed by atoms with Crippen molar-refractivity contribution < 1.29 is 14.3 Å². The third-order valence-corrected chi connectivity index (χ3v) is 4.69. The Morgan fingerprint density at radius 2 is 1.81 bits per heavy atom. The van der Waals surface area contributed by atoms with Crippen LogP contribution in [-0.4, -0.2) is 23.9 Å². The van der Waals surface area contributed by atoms with Gasteiger partial charge < -0.3 is 14.8 Å². The lowest BCUT2D eigenvalue weighted by molar-refractivity contribution is 0.0728. The minimum atomic E-state index is -0.511. The average Bonchev–Trinajstić information content (AvgIpc) is 2.76. The maximum Gasteiger partial charge on any atom is 0.343 e. The number of carbonyl (C=O) groups is 1. The summed E-state index contributed by atoms with van der Waals surface area (Å²) < 4.78 is 11.1. The van der Waals surface area contributed by atoms with E-state index in [0.29, 0.717) is 38.8 Å². The Balaban J connectivity index is 1.64. The van der Waals surface area contributed by atoms with Crippen molar-refractivity contribution in [3.05, 3.63) is 87.9 Å². The summed E-state index contributed by atoms with van der Waals surface area (Å²) in [5.74, 6) is 0.205. The Bertz CT molecular complexity index is 1140. The summed E-state index contributed by atoms with van der Waals surface area (Å²) in [5, 5.41) is 8.55. The number of esters is 1. The van der Waals surface area contributed by atoms with E-state index in [2.05, 4.69) is 15.8 Å². The van der Waals surface area contributed by atoms with Gasteiger partial charge >= 0.3 is 5.97 Å². The summed E-state index contributed by atoms with van der Waals surface area (Å²) in [6.45, 7) is 2.24. The van der Waals surface area contributed by atoms with Crippen molar-refractivity contribution in [2.24, 2.45) is 5.10 Å². The van der Waals surface area contributed by atoms with Crippen LogP contribution in [0.25, 0.3) is 0 Å². The lowest BCUT2D eigenvalue weighted by Crippen LogP contribution is -2.23. The Morgan fingerprint density at radius 1 is 1.03 bits per heavy atom. The molecule has 9 heteroatoms. The molecule has 0 aliphatic rings. The lowest BCUT2D eigenvalue weighted by Gasteiger charge is -2.11. The predicted molar refractivity (Wildman–Crippen MR) is 132 cm³/mol. The molecule has 6 nitrogen and oxygen atoms in total. The smallest absolute Gasteiger partial charge is 0.343 e. The number of thiocarbonyl (C=S) groups is 1. The van der Waals surface area contributed by atoms with E-state index in [1.165, 1.54) is 0 Å². The largest absolute Gasteiger partial charge is 0.490 e. The second-order valence-corrected chi connectivity index (χ2v) is 7.65. The summed E-state index contributed by atoms with van der Waals surface area (Å²) in [6.07, 6.45) is 1.57. The second kappa shape index (κ2) is 11.5. The third-order valence-electron chi connectivity index (χ3n) is 4.01. The average molecular weight is 488 g/mol. The third kappa shape index (κ3) is 6.95. The zero-order chi connectivity index (χ0) is 22.9. The molecule has 0 aromatic heterocycles. The number of anilines is 1. The molecule has 0 saturated carbocycles. The van der Waals surface area contributed by atoms with Crippen LogP contribution in [0.15, 0.2) is 71.8 Å². The molecule has 0 saturated heterocycles. The van der Waals surface area contributed by atoms with Gasteiger partial charge in [-0.1, -0.05) is 29.3 Å². The van der Waals surface area contributed by atoms with Gasteiger partial charge in [0.05, 0.1) is 18.4 Å². The molecule has 0 heterocycles. The number of hydrogen-bond donors (Lipinski definition) is 2. The number of halogens is 2. The minimum Gasteiger partial charge on any atom is -0.490 e. The molecule has 0 aliphatic heterocycles. The summed E-state index contributed by atoms with van der Waals surface area (Å²) >= 11 is 17.0. The van der Waals surface area contributed by atoms with E-state index in [9.17, 15) is 4.79 Å². The van der Waals surface area contributed by atoms with E-state index in [1.807, 2.05) is 19.1 Å². The molecule has 2 N–H and O–H groups in total. The Hall–Kier alpha value is -3.13. The van der Waals surface area contributed by atoms with Crippen LogP contribution in [0.2, 0.25) is 10.0 Å². The first-order chi connectivity index (χ1) is 15.4. The maximum atomic E-state index is 12.4. The van der Waals surface area contributed by atoms with E-state index in [1.54, 1.807) is 60.8 Å². The fraction of sp³-hybridized carbons (Fsp3) is 0.0870. The second-order valence-electron chi connectivity index (χ2n) is 6.37. The molecular formula is C23H19Cl2N3O3S. The molecule has 32 heavy (non-hydrogen) atoms. The van der Waals surface area contributed by atoms with E-state index in [-0.39, 0.29) is 0 Å². The van der Waals surface area contributed by atoms with E-state index >= 15 is 0 Å². The highest BCUT2D eigenvalue weighted by molar-refractivity contribution is 7.80. The first-order valence-electron chi connectivity index (χ1n) is 9.55. The van der Waals surface area contributed by atoms with Gasteiger partial charge in [-0.3, -0.25) is 5.43 Å². The maximum absolute atomic E-state index is 12.4. The molecule has 0 bridgehead atoms. The Kier molecular flexibility index (Phi) is 8.44. The van der Waals surface area contributed by atoms with Gasteiger partial charge in [0, 0.05) is 15.7 Å². The molecule has 0 atom stereocenters.